The summed E-state index contributed by atoms with van der Waals surface area (Å²) in [5.74, 6) is 2.92. The van der Waals surface area contributed by atoms with Crippen LogP contribution in [0.2, 0.25) is 0 Å². The lowest BCUT2D eigenvalue weighted by Crippen LogP contribution is -2.59. The van der Waals surface area contributed by atoms with Crippen molar-refractivity contribution in [2.75, 3.05) is 14.2 Å². The van der Waals surface area contributed by atoms with Crippen molar-refractivity contribution in [3.63, 3.8) is 0 Å². The molecule has 1 heterocycles. The lowest BCUT2D eigenvalue weighted by molar-refractivity contribution is 0.0251. The van der Waals surface area contributed by atoms with E-state index in [1.807, 2.05) is 25.1 Å². The van der Waals surface area contributed by atoms with Gasteiger partial charge in [-0.15, -0.1) is 0 Å². The molecule has 0 saturated heterocycles. The maximum atomic E-state index is 12.8. The largest absolute Gasteiger partial charge is 0.493 e. The van der Waals surface area contributed by atoms with E-state index >= 15 is 0 Å². The molecule has 0 spiro atoms. The summed E-state index contributed by atoms with van der Waals surface area (Å²) >= 11 is 0. The number of hydrogen-bond acceptors (Lipinski definition) is 4. The molecule has 2 saturated carbocycles. The number of ether oxygens (including phenoxy) is 2. The number of rotatable bonds is 5. The number of pyridine rings is 1. The van der Waals surface area contributed by atoms with Crippen LogP contribution in [0, 0.1) is 18.8 Å². The Morgan fingerprint density at radius 3 is 2.46 bits per heavy atom. The molecule has 28 heavy (non-hydrogen) atoms. The van der Waals surface area contributed by atoms with E-state index < -0.39 is 0 Å². The first-order valence-electron chi connectivity index (χ1n) is 10.1. The molecule has 0 bridgehead atoms. The minimum absolute atomic E-state index is 0.0352. The zero-order valence-electron chi connectivity index (χ0n) is 16.8. The first-order chi connectivity index (χ1) is 13.6. The average molecular weight is 380 g/mol. The number of carbonyl (C=O) groups is 1. The molecule has 148 valence electrons. The van der Waals surface area contributed by atoms with Gasteiger partial charge in [0.25, 0.3) is 5.91 Å². The molecule has 1 aromatic heterocycles. The molecule has 1 aromatic carbocycles. The standard InChI is InChI=1S/C23H28N2O3/c1-14-8-9-16(13-24-14)23(26)25-22-18-7-5-4-6-17(18)21(22)15-10-11-19(27-2)20(12-15)28-3/h8-13,17-18,21-22H,4-7H2,1-3H3,(H,25,26)/t17-,18+,21-,22-/m0/s1. The summed E-state index contributed by atoms with van der Waals surface area (Å²) in [6.45, 7) is 1.92. The van der Waals surface area contributed by atoms with E-state index in [0.29, 0.717) is 23.3 Å². The van der Waals surface area contributed by atoms with Crippen molar-refractivity contribution in [1.29, 1.82) is 0 Å². The third-order valence-corrected chi connectivity index (χ3v) is 6.45. The highest BCUT2D eigenvalue weighted by Gasteiger charge is 2.52. The predicted octanol–water partition coefficient (Wildman–Crippen LogP) is 4.11. The molecule has 0 unspecified atom stereocenters. The molecular formula is C23H28N2O3. The van der Waals surface area contributed by atoms with E-state index in [1.54, 1.807) is 20.4 Å². The van der Waals surface area contributed by atoms with Crippen LogP contribution >= 0.6 is 0 Å². The number of carbonyl (C=O) groups excluding carboxylic acids is 1. The maximum absolute atomic E-state index is 12.8. The number of nitrogens with zero attached hydrogens (tertiary/aromatic N) is 1. The third kappa shape index (κ3) is 3.34. The van der Waals surface area contributed by atoms with Crippen LogP contribution < -0.4 is 14.8 Å². The second-order valence-corrected chi connectivity index (χ2v) is 7.94. The van der Waals surface area contributed by atoms with Gasteiger partial charge in [-0.25, -0.2) is 0 Å². The third-order valence-electron chi connectivity index (χ3n) is 6.45. The van der Waals surface area contributed by atoms with Gasteiger partial charge in [0.1, 0.15) is 0 Å². The zero-order chi connectivity index (χ0) is 19.7. The van der Waals surface area contributed by atoms with Gasteiger partial charge in [0, 0.05) is 23.9 Å². The highest BCUT2D eigenvalue weighted by Crippen LogP contribution is 2.55. The summed E-state index contributed by atoms with van der Waals surface area (Å²) in [6, 6.07) is 10.0. The maximum Gasteiger partial charge on any atom is 0.253 e. The summed E-state index contributed by atoms with van der Waals surface area (Å²) in [4.78, 5) is 17.1. The van der Waals surface area contributed by atoms with E-state index in [0.717, 1.165) is 17.2 Å². The lowest BCUT2D eigenvalue weighted by atomic mass is 9.53. The van der Waals surface area contributed by atoms with Crippen LogP contribution in [-0.2, 0) is 0 Å². The normalized spacial score (nSPS) is 26.0. The van der Waals surface area contributed by atoms with Crippen molar-refractivity contribution in [3.8, 4) is 11.5 Å². The second-order valence-electron chi connectivity index (χ2n) is 7.94. The minimum atomic E-state index is -0.0352. The molecule has 4 rings (SSSR count). The second kappa shape index (κ2) is 7.82. The smallest absolute Gasteiger partial charge is 0.253 e. The Morgan fingerprint density at radius 2 is 1.79 bits per heavy atom. The van der Waals surface area contributed by atoms with E-state index in [9.17, 15) is 4.79 Å². The fourth-order valence-electron chi connectivity index (χ4n) is 5.02. The number of nitrogens with one attached hydrogen (secondary N) is 1. The summed E-state index contributed by atoms with van der Waals surface area (Å²) in [5, 5.41) is 3.31. The van der Waals surface area contributed by atoms with Gasteiger partial charge in [-0.3, -0.25) is 9.78 Å². The van der Waals surface area contributed by atoms with Crippen LogP contribution in [-0.4, -0.2) is 31.2 Å². The highest BCUT2D eigenvalue weighted by atomic mass is 16.5. The Morgan fingerprint density at radius 1 is 1.04 bits per heavy atom. The molecule has 1 amide bonds. The van der Waals surface area contributed by atoms with Gasteiger partial charge >= 0.3 is 0 Å². The molecule has 2 fully saturated rings. The first-order valence-corrected chi connectivity index (χ1v) is 10.1. The van der Waals surface area contributed by atoms with E-state index in [2.05, 4.69) is 22.4 Å². The molecular weight excluding hydrogens is 352 g/mol. The predicted molar refractivity (Wildman–Crippen MR) is 108 cm³/mol. The molecule has 5 nitrogen and oxygen atoms in total. The Hall–Kier alpha value is -2.56. The summed E-state index contributed by atoms with van der Waals surface area (Å²) in [5.41, 5.74) is 2.75. The van der Waals surface area contributed by atoms with Gasteiger partial charge in [0.15, 0.2) is 11.5 Å². The minimum Gasteiger partial charge on any atom is -0.493 e. The molecule has 1 N–H and O–H groups in total. The highest BCUT2D eigenvalue weighted by molar-refractivity contribution is 5.94. The number of methoxy groups -OCH3 is 2. The van der Waals surface area contributed by atoms with Gasteiger partial charge in [-0.2, -0.15) is 0 Å². The molecule has 0 aliphatic heterocycles. The van der Waals surface area contributed by atoms with Crippen LogP contribution in [0.5, 0.6) is 11.5 Å². The van der Waals surface area contributed by atoms with Crippen molar-refractivity contribution < 1.29 is 14.3 Å². The summed E-state index contributed by atoms with van der Waals surface area (Å²) < 4.78 is 10.9. The van der Waals surface area contributed by atoms with Crippen molar-refractivity contribution in [3.05, 3.63) is 53.3 Å². The van der Waals surface area contributed by atoms with Crippen molar-refractivity contribution in [1.82, 2.24) is 10.3 Å². The monoisotopic (exact) mass is 380 g/mol. The van der Waals surface area contributed by atoms with Crippen molar-refractivity contribution in [2.24, 2.45) is 11.8 Å². The molecule has 5 heteroatoms. The van der Waals surface area contributed by atoms with E-state index in [-0.39, 0.29) is 11.9 Å². The number of amides is 1. The fourth-order valence-corrected chi connectivity index (χ4v) is 5.02. The number of benzene rings is 1. The number of fused-ring (bicyclic) bond motifs is 1. The van der Waals surface area contributed by atoms with Gasteiger partial charge in [-0.1, -0.05) is 18.9 Å². The molecule has 2 aliphatic carbocycles. The molecule has 4 atom stereocenters. The Bertz CT molecular complexity index is 849. The molecule has 0 radical (unpaired) electrons. The Labute approximate surface area is 166 Å². The lowest BCUT2D eigenvalue weighted by Gasteiger charge is -2.55. The van der Waals surface area contributed by atoms with Crippen molar-refractivity contribution >= 4 is 5.91 Å². The average Bonchev–Trinajstić information content (AvgIpc) is 2.72. The number of aryl methyl sites for hydroxylation is 1. The van der Waals surface area contributed by atoms with Crippen LogP contribution in [0.1, 0.15) is 53.2 Å². The zero-order valence-corrected chi connectivity index (χ0v) is 16.8. The van der Waals surface area contributed by atoms with Gasteiger partial charge in [-0.05, 0) is 61.4 Å². The molecule has 2 aliphatic rings. The fraction of sp³-hybridized carbons (Fsp3) is 0.478. The number of aromatic nitrogens is 1. The van der Waals surface area contributed by atoms with Crippen molar-refractivity contribution in [2.45, 2.75) is 44.6 Å². The van der Waals surface area contributed by atoms with Crippen LogP contribution in [0.3, 0.4) is 0 Å². The quantitative estimate of drug-likeness (QED) is 0.848. The van der Waals surface area contributed by atoms with Gasteiger partial charge in [0.05, 0.1) is 19.8 Å². The van der Waals surface area contributed by atoms with Crippen LogP contribution in [0.25, 0.3) is 0 Å². The number of hydrogen-bond donors (Lipinski definition) is 1. The summed E-state index contributed by atoms with van der Waals surface area (Å²) in [6.07, 6.45) is 6.59. The van der Waals surface area contributed by atoms with Gasteiger partial charge in [0.2, 0.25) is 0 Å². The van der Waals surface area contributed by atoms with E-state index in [1.165, 1.54) is 31.2 Å². The van der Waals surface area contributed by atoms with Gasteiger partial charge < -0.3 is 14.8 Å². The van der Waals surface area contributed by atoms with E-state index in [4.69, 9.17) is 9.47 Å². The first kappa shape index (κ1) is 18.8. The van der Waals surface area contributed by atoms with Crippen LogP contribution in [0.4, 0.5) is 0 Å². The topological polar surface area (TPSA) is 60.5 Å². The van der Waals surface area contributed by atoms with Crippen LogP contribution in [0.15, 0.2) is 36.5 Å². The summed E-state index contributed by atoms with van der Waals surface area (Å²) in [7, 11) is 3.31. The SMILES string of the molecule is COc1ccc([C@H]2[C@H]3CCCC[C@H]3[C@@H]2NC(=O)c2ccc(C)nc2)cc1OC. The molecule has 2 aromatic rings. The Balaban J connectivity index is 1.59. The Kier molecular flexibility index (Phi) is 5.25.